The van der Waals surface area contributed by atoms with Gasteiger partial charge in [0.1, 0.15) is 5.69 Å². The standard InChI is InChI=1S/C20H18F3N5O4/c21-20(22,23)12-1-4-16(17(9-12)28(31)32)27-7-5-11(6-8-27)18(29)24-13-2-3-14-15(10-13)26-19(30)25-14/h1-4,9-11H,5-8H2,(H,24,29)(H2,25,26,30). The minimum atomic E-state index is -4.68. The summed E-state index contributed by atoms with van der Waals surface area (Å²) in [6.07, 6.45) is -3.91. The van der Waals surface area contributed by atoms with E-state index in [1.807, 2.05) is 0 Å². The highest BCUT2D eigenvalue weighted by Crippen LogP contribution is 2.37. The minimum absolute atomic E-state index is 0.101. The van der Waals surface area contributed by atoms with E-state index >= 15 is 0 Å². The number of carbonyl (C=O) groups excluding carboxylic acids is 1. The number of amides is 1. The molecule has 1 aliphatic rings. The van der Waals surface area contributed by atoms with Crippen molar-refractivity contribution < 1.29 is 22.9 Å². The number of anilines is 2. The van der Waals surface area contributed by atoms with E-state index in [0.29, 0.717) is 35.6 Å². The van der Waals surface area contributed by atoms with Crippen LogP contribution < -0.4 is 15.9 Å². The van der Waals surface area contributed by atoms with Crippen molar-refractivity contribution in [3.05, 3.63) is 62.6 Å². The molecule has 1 aliphatic heterocycles. The molecule has 1 amide bonds. The summed E-state index contributed by atoms with van der Waals surface area (Å²) in [5.74, 6) is -0.593. The second-order valence-corrected chi connectivity index (χ2v) is 7.55. The molecule has 3 N–H and O–H groups in total. The Hall–Kier alpha value is -3.83. The van der Waals surface area contributed by atoms with Crippen molar-refractivity contribution in [1.82, 2.24) is 9.97 Å². The van der Waals surface area contributed by atoms with Gasteiger partial charge in [-0.2, -0.15) is 13.2 Å². The van der Waals surface area contributed by atoms with Gasteiger partial charge in [0.2, 0.25) is 5.91 Å². The molecule has 0 radical (unpaired) electrons. The Labute approximate surface area is 178 Å². The fourth-order valence-electron chi connectivity index (χ4n) is 3.85. The van der Waals surface area contributed by atoms with E-state index in [-0.39, 0.29) is 36.3 Å². The molecule has 0 aliphatic carbocycles. The lowest BCUT2D eigenvalue weighted by molar-refractivity contribution is -0.384. The van der Waals surface area contributed by atoms with Crippen molar-refractivity contribution in [2.24, 2.45) is 5.92 Å². The van der Waals surface area contributed by atoms with Crippen LogP contribution in [-0.4, -0.2) is 33.9 Å². The van der Waals surface area contributed by atoms with Crippen molar-refractivity contribution in [3.8, 4) is 0 Å². The van der Waals surface area contributed by atoms with Crippen LogP contribution in [0.1, 0.15) is 18.4 Å². The van der Waals surface area contributed by atoms with Gasteiger partial charge in [0.25, 0.3) is 5.69 Å². The SMILES string of the molecule is O=C(Nc1ccc2[nH]c(=O)[nH]c2c1)C1CCN(c2ccc(C(F)(F)F)cc2[N+](=O)[O-])CC1. The molecule has 9 nitrogen and oxygen atoms in total. The molecule has 1 aromatic heterocycles. The number of halogens is 3. The fourth-order valence-corrected chi connectivity index (χ4v) is 3.85. The molecular formula is C20H18F3N5O4. The second kappa shape index (κ2) is 8.02. The summed E-state index contributed by atoms with van der Waals surface area (Å²) in [6, 6.07) is 7.41. The number of carbonyl (C=O) groups is 1. The third-order valence-electron chi connectivity index (χ3n) is 5.49. The van der Waals surface area contributed by atoms with Gasteiger partial charge in [-0.25, -0.2) is 4.79 Å². The van der Waals surface area contributed by atoms with Gasteiger partial charge in [-0.05, 0) is 43.2 Å². The minimum Gasteiger partial charge on any atom is -0.366 e. The summed E-state index contributed by atoms with van der Waals surface area (Å²) in [7, 11) is 0. The fraction of sp³-hybridized carbons (Fsp3) is 0.300. The number of nitro benzene ring substituents is 1. The maximum absolute atomic E-state index is 12.9. The molecule has 0 atom stereocenters. The van der Waals surface area contributed by atoms with Crippen LogP contribution in [0.2, 0.25) is 0 Å². The van der Waals surface area contributed by atoms with Gasteiger partial charge in [0.15, 0.2) is 0 Å². The third-order valence-corrected chi connectivity index (χ3v) is 5.49. The molecule has 0 saturated carbocycles. The van der Waals surface area contributed by atoms with Crippen molar-refractivity contribution in [2.45, 2.75) is 19.0 Å². The van der Waals surface area contributed by atoms with Crippen LogP contribution in [0, 0.1) is 16.0 Å². The highest BCUT2D eigenvalue weighted by atomic mass is 19.4. The smallest absolute Gasteiger partial charge is 0.366 e. The number of benzene rings is 2. The van der Waals surface area contributed by atoms with E-state index < -0.39 is 22.4 Å². The molecule has 1 fully saturated rings. The molecular weight excluding hydrogens is 431 g/mol. The zero-order valence-electron chi connectivity index (χ0n) is 16.5. The monoisotopic (exact) mass is 449 g/mol. The first-order valence-electron chi connectivity index (χ1n) is 9.75. The number of H-pyrrole nitrogens is 2. The highest BCUT2D eigenvalue weighted by Gasteiger charge is 2.35. The molecule has 0 bridgehead atoms. The first-order valence-corrected chi connectivity index (χ1v) is 9.75. The van der Waals surface area contributed by atoms with Crippen molar-refractivity contribution >= 4 is 34.0 Å². The van der Waals surface area contributed by atoms with Crippen molar-refractivity contribution in [1.29, 1.82) is 0 Å². The van der Waals surface area contributed by atoms with Gasteiger partial charge in [-0.15, -0.1) is 0 Å². The molecule has 3 aromatic rings. The molecule has 32 heavy (non-hydrogen) atoms. The molecule has 2 heterocycles. The van der Waals surface area contributed by atoms with Crippen LogP contribution in [0.4, 0.5) is 30.2 Å². The summed E-state index contributed by atoms with van der Waals surface area (Å²) in [6.45, 7) is 0.572. The Balaban J connectivity index is 1.43. The number of aromatic nitrogens is 2. The Kier molecular flexibility index (Phi) is 5.36. The predicted molar refractivity (Wildman–Crippen MR) is 111 cm³/mol. The van der Waals surface area contributed by atoms with Gasteiger partial charge in [0, 0.05) is 30.8 Å². The van der Waals surface area contributed by atoms with Crippen LogP contribution >= 0.6 is 0 Å². The summed E-state index contributed by atoms with van der Waals surface area (Å²) < 4.78 is 38.7. The molecule has 0 spiro atoms. The number of piperidine rings is 1. The topological polar surface area (TPSA) is 124 Å². The number of fused-ring (bicyclic) bond motifs is 1. The quantitative estimate of drug-likeness (QED) is 0.414. The van der Waals surface area contributed by atoms with Gasteiger partial charge < -0.3 is 20.2 Å². The van der Waals surface area contributed by atoms with Crippen LogP contribution in [-0.2, 0) is 11.0 Å². The lowest BCUT2D eigenvalue weighted by atomic mass is 9.95. The van der Waals surface area contributed by atoms with Crippen LogP contribution in [0.3, 0.4) is 0 Å². The van der Waals surface area contributed by atoms with Crippen LogP contribution in [0.15, 0.2) is 41.2 Å². The number of imidazole rings is 1. The lowest BCUT2D eigenvalue weighted by Crippen LogP contribution is -2.38. The molecule has 168 valence electrons. The average molecular weight is 449 g/mol. The van der Waals surface area contributed by atoms with Crippen molar-refractivity contribution in [2.75, 3.05) is 23.3 Å². The van der Waals surface area contributed by atoms with E-state index in [1.54, 1.807) is 23.1 Å². The van der Waals surface area contributed by atoms with E-state index in [0.717, 1.165) is 12.1 Å². The van der Waals surface area contributed by atoms with Gasteiger partial charge in [0.05, 0.1) is 21.5 Å². The maximum atomic E-state index is 12.9. The number of nitro groups is 1. The highest BCUT2D eigenvalue weighted by molar-refractivity contribution is 5.94. The Morgan fingerprint density at radius 2 is 1.78 bits per heavy atom. The lowest BCUT2D eigenvalue weighted by Gasteiger charge is -2.32. The maximum Gasteiger partial charge on any atom is 0.416 e. The van der Waals surface area contributed by atoms with Crippen LogP contribution in [0.5, 0.6) is 0 Å². The van der Waals surface area contributed by atoms with Gasteiger partial charge >= 0.3 is 11.9 Å². The second-order valence-electron chi connectivity index (χ2n) is 7.55. The Bertz CT molecular complexity index is 1240. The van der Waals surface area contributed by atoms with Crippen LogP contribution in [0.25, 0.3) is 11.0 Å². The van der Waals surface area contributed by atoms with Gasteiger partial charge in [-0.3, -0.25) is 14.9 Å². The Morgan fingerprint density at radius 1 is 1.09 bits per heavy atom. The number of hydrogen-bond acceptors (Lipinski definition) is 5. The zero-order chi connectivity index (χ0) is 23.0. The largest absolute Gasteiger partial charge is 0.416 e. The summed E-state index contributed by atoms with van der Waals surface area (Å²) in [4.78, 5) is 41.3. The average Bonchev–Trinajstić information content (AvgIpc) is 3.12. The number of aromatic amines is 2. The van der Waals surface area contributed by atoms with Crippen molar-refractivity contribution in [3.63, 3.8) is 0 Å². The Morgan fingerprint density at radius 3 is 2.44 bits per heavy atom. The summed E-state index contributed by atoms with van der Waals surface area (Å²) in [5.41, 5.74) is -0.272. The zero-order valence-corrected chi connectivity index (χ0v) is 16.5. The first kappa shape index (κ1) is 21.4. The molecule has 1 saturated heterocycles. The third kappa shape index (κ3) is 4.29. The molecule has 0 unspecified atom stereocenters. The van der Waals surface area contributed by atoms with E-state index in [4.69, 9.17) is 0 Å². The number of hydrogen-bond donors (Lipinski definition) is 3. The van der Waals surface area contributed by atoms with E-state index in [1.165, 1.54) is 0 Å². The van der Waals surface area contributed by atoms with Gasteiger partial charge in [-0.1, -0.05) is 0 Å². The summed E-state index contributed by atoms with van der Waals surface area (Å²) >= 11 is 0. The number of nitrogens with zero attached hydrogens (tertiary/aromatic N) is 2. The number of alkyl halides is 3. The molecule has 12 heteroatoms. The molecule has 2 aromatic carbocycles. The number of rotatable bonds is 4. The first-order chi connectivity index (χ1) is 15.1. The summed E-state index contributed by atoms with van der Waals surface area (Å²) in [5, 5.41) is 14.1. The number of nitrogens with one attached hydrogen (secondary N) is 3. The predicted octanol–water partition coefficient (Wildman–Crippen LogP) is 3.64. The van der Waals surface area contributed by atoms with E-state index in [9.17, 15) is 32.9 Å². The molecule has 4 rings (SSSR count). The normalized spacial score (nSPS) is 15.2. The van der Waals surface area contributed by atoms with E-state index in [2.05, 4.69) is 15.3 Å².